The van der Waals surface area contributed by atoms with Crippen LogP contribution in [0.15, 0.2) is 29.1 Å². The molecular formula is C21H23ClN2O5S2. The van der Waals surface area contributed by atoms with Gasteiger partial charge in [-0.3, -0.25) is 4.79 Å². The summed E-state index contributed by atoms with van der Waals surface area (Å²) in [4.78, 5) is 14.0. The topological polar surface area (TPSA) is 98.5 Å². The van der Waals surface area contributed by atoms with Crippen molar-refractivity contribution in [3.8, 4) is 5.75 Å². The first-order valence-corrected chi connectivity index (χ1v) is 13.1. The van der Waals surface area contributed by atoms with Crippen LogP contribution in [0.3, 0.4) is 0 Å². The number of hydrogen-bond acceptors (Lipinski definition) is 7. The molecule has 1 aliphatic rings. The van der Waals surface area contributed by atoms with Gasteiger partial charge in [0.25, 0.3) is 15.6 Å². The second kappa shape index (κ2) is 8.90. The highest BCUT2D eigenvalue weighted by atomic mass is 35.5. The number of aromatic nitrogens is 2. The number of rotatable bonds is 7. The van der Waals surface area contributed by atoms with Crippen molar-refractivity contribution >= 4 is 43.0 Å². The van der Waals surface area contributed by atoms with Gasteiger partial charge >= 0.3 is 0 Å². The minimum absolute atomic E-state index is 0.00617. The third-order valence-electron chi connectivity index (χ3n) is 5.40. The molecule has 3 aromatic rings. The largest absolute Gasteiger partial charge is 0.489 e. The Morgan fingerprint density at radius 1 is 1.32 bits per heavy atom. The molecular weight excluding hydrogens is 460 g/mol. The third kappa shape index (κ3) is 4.50. The zero-order valence-electron chi connectivity index (χ0n) is 17.0. The van der Waals surface area contributed by atoms with Gasteiger partial charge in [-0.1, -0.05) is 36.6 Å². The molecule has 166 valence electrons. The number of nitrogens with zero attached hydrogens (tertiary/aromatic N) is 2. The first-order chi connectivity index (χ1) is 14.8. The van der Waals surface area contributed by atoms with E-state index in [9.17, 15) is 18.3 Å². The first-order valence-electron chi connectivity index (χ1n) is 10.1. The Kier molecular flexibility index (Phi) is 6.39. The van der Waals surface area contributed by atoms with Crippen molar-refractivity contribution in [3.63, 3.8) is 0 Å². The molecule has 2 heterocycles. The van der Waals surface area contributed by atoms with Gasteiger partial charge in [0.1, 0.15) is 17.7 Å². The van der Waals surface area contributed by atoms with Crippen LogP contribution < -0.4 is 10.3 Å². The Hall–Kier alpha value is -1.94. The number of aliphatic hydroxyl groups excluding tert-OH is 1. The highest BCUT2D eigenvalue weighted by Gasteiger charge is 2.29. The molecule has 0 amide bonds. The van der Waals surface area contributed by atoms with E-state index in [4.69, 9.17) is 16.3 Å². The molecule has 0 atom stereocenters. The molecule has 1 saturated carbocycles. The van der Waals surface area contributed by atoms with Crippen LogP contribution in [0.25, 0.3) is 10.1 Å². The van der Waals surface area contributed by atoms with Crippen LogP contribution >= 0.6 is 22.9 Å². The average Bonchev–Trinajstić information content (AvgIpc) is 3.34. The van der Waals surface area contributed by atoms with Crippen molar-refractivity contribution in [3.05, 3.63) is 55.8 Å². The number of ether oxygens (including phenoxy) is 1. The number of aliphatic hydroxyl groups is 1. The lowest BCUT2D eigenvalue weighted by Crippen LogP contribution is -2.30. The van der Waals surface area contributed by atoms with Gasteiger partial charge in [0.15, 0.2) is 0 Å². The Morgan fingerprint density at radius 2 is 2.06 bits per heavy atom. The standard InChI is InChI=1S/C21H23ClN2O5S2/c1-31(27,28)24-21(26)17-19(29-10-9-25)16(12-13-5-4-8-15(22)11-13)30-20(17)18(23-24)14-6-2-3-7-14/h4-5,8,11,14,25H,2-3,6-7,9-10,12H2,1H3. The quantitative estimate of drug-likeness (QED) is 0.553. The minimum atomic E-state index is -3.89. The Balaban J connectivity index is 1.98. The van der Waals surface area contributed by atoms with Gasteiger partial charge in [-0.05, 0) is 30.5 Å². The lowest BCUT2D eigenvalue weighted by atomic mass is 10.0. The SMILES string of the molecule is CS(=O)(=O)n1nc(C2CCCC2)c2sc(Cc3cccc(Cl)c3)c(OCCO)c2c1=O. The van der Waals surface area contributed by atoms with E-state index < -0.39 is 15.6 Å². The van der Waals surface area contributed by atoms with E-state index in [1.807, 2.05) is 18.2 Å². The number of halogens is 1. The van der Waals surface area contributed by atoms with Crippen molar-refractivity contribution in [2.45, 2.75) is 38.0 Å². The van der Waals surface area contributed by atoms with Gasteiger partial charge in [-0.2, -0.15) is 5.10 Å². The lowest BCUT2D eigenvalue weighted by Gasteiger charge is -2.12. The van der Waals surface area contributed by atoms with Crippen LogP contribution in [-0.2, 0) is 16.4 Å². The third-order valence-corrected chi connectivity index (χ3v) is 7.70. The van der Waals surface area contributed by atoms with Gasteiger partial charge in [0.2, 0.25) is 0 Å². The maximum absolute atomic E-state index is 13.2. The summed E-state index contributed by atoms with van der Waals surface area (Å²) in [6.07, 6.45) is 5.32. The van der Waals surface area contributed by atoms with Crippen molar-refractivity contribution in [1.29, 1.82) is 0 Å². The van der Waals surface area contributed by atoms with Gasteiger partial charge in [-0.15, -0.1) is 15.4 Å². The lowest BCUT2D eigenvalue weighted by molar-refractivity contribution is 0.202. The molecule has 0 radical (unpaired) electrons. The van der Waals surface area contributed by atoms with E-state index in [1.54, 1.807) is 6.07 Å². The highest BCUT2D eigenvalue weighted by molar-refractivity contribution is 7.89. The minimum Gasteiger partial charge on any atom is -0.489 e. The molecule has 0 aliphatic heterocycles. The summed E-state index contributed by atoms with van der Waals surface area (Å²) < 4.78 is 31.7. The molecule has 1 N–H and O–H groups in total. The second-order valence-electron chi connectivity index (χ2n) is 7.71. The van der Waals surface area contributed by atoms with Crippen LogP contribution in [0.1, 0.15) is 47.7 Å². The number of hydrogen-bond donors (Lipinski definition) is 1. The van der Waals surface area contributed by atoms with Crippen LogP contribution in [-0.4, -0.2) is 42.2 Å². The van der Waals surface area contributed by atoms with E-state index in [0.717, 1.165) is 42.4 Å². The summed E-state index contributed by atoms with van der Waals surface area (Å²) in [5.74, 6) is 0.414. The van der Waals surface area contributed by atoms with Crippen molar-refractivity contribution < 1.29 is 18.3 Å². The van der Waals surface area contributed by atoms with Crippen molar-refractivity contribution in [2.75, 3.05) is 19.5 Å². The molecule has 0 saturated heterocycles. The van der Waals surface area contributed by atoms with Crippen molar-refractivity contribution in [1.82, 2.24) is 9.19 Å². The van der Waals surface area contributed by atoms with E-state index in [-0.39, 0.29) is 24.5 Å². The van der Waals surface area contributed by atoms with E-state index >= 15 is 0 Å². The normalized spacial score (nSPS) is 15.1. The highest BCUT2D eigenvalue weighted by Crippen LogP contribution is 2.43. The van der Waals surface area contributed by atoms with Crippen molar-refractivity contribution in [2.24, 2.45) is 0 Å². The molecule has 0 unspecified atom stereocenters. The van der Waals surface area contributed by atoms with E-state index in [2.05, 4.69) is 5.10 Å². The van der Waals surface area contributed by atoms with Crippen LogP contribution in [0.5, 0.6) is 5.75 Å². The molecule has 1 aromatic carbocycles. The van der Waals surface area contributed by atoms with E-state index in [0.29, 0.717) is 31.7 Å². The number of benzene rings is 1. The summed E-state index contributed by atoms with van der Waals surface area (Å²) in [6.45, 7) is -0.234. The predicted molar refractivity (Wildman–Crippen MR) is 122 cm³/mol. The summed E-state index contributed by atoms with van der Waals surface area (Å²) >= 11 is 7.53. The van der Waals surface area contributed by atoms with Gasteiger partial charge in [0, 0.05) is 17.4 Å². The molecule has 7 nitrogen and oxygen atoms in total. The molecule has 0 bridgehead atoms. The summed E-state index contributed by atoms with van der Waals surface area (Å²) in [5.41, 5.74) is 0.848. The Bertz CT molecular complexity index is 1280. The zero-order chi connectivity index (χ0) is 22.2. The summed E-state index contributed by atoms with van der Waals surface area (Å²) in [6, 6.07) is 7.40. The Morgan fingerprint density at radius 3 is 2.71 bits per heavy atom. The molecule has 31 heavy (non-hydrogen) atoms. The van der Waals surface area contributed by atoms with Crippen LogP contribution in [0, 0.1) is 0 Å². The Labute approximate surface area is 189 Å². The number of fused-ring (bicyclic) bond motifs is 1. The number of thiophene rings is 1. The van der Waals surface area contributed by atoms with Gasteiger partial charge in [-0.25, -0.2) is 8.42 Å². The zero-order valence-corrected chi connectivity index (χ0v) is 19.4. The molecule has 4 rings (SSSR count). The molecule has 0 spiro atoms. The molecule has 1 fully saturated rings. The predicted octanol–water partition coefficient (Wildman–Crippen LogP) is 3.54. The second-order valence-corrected chi connectivity index (χ2v) is 11.1. The maximum atomic E-state index is 13.2. The van der Waals surface area contributed by atoms with Crippen LogP contribution in [0.2, 0.25) is 5.02 Å². The molecule has 2 aromatic heterocycles. The fourth-order valence-electron chi connectivity index (χ4n) is 4.06. The maximum Gasteiger partial charge on any atom is 0.293 e. The fourth-order valence-corrected chi connectivity index (χ4v) is 6.24. The average molecular weight is 483 g/mol. The first kappa shape index (κ1) is 22.3. The molecule has 10 heteroatoms. The fraction of sp³-hybridized carbons (Fsp3) is 0.429. The summed E-state index contributed by atoms with van der Waals surface area (Å²) in [5, 5.41) is 14.4. The smallest absolute Gasteiger partial charge is 0.293 e. The monoisotopic (exact) mass is 482 g/mol. The van der Waals surface area contributed by atoms with Gasteiger partial charge < -0.3 is 9.84 Å². The summed E-state index contributed by atoms with van der Waals surface area (Å²) in [7, 11) is -3.89. The van der Waals surface area contributed by atoms with E-state index in [1.165, 1.54) is 11.3 Å². The van der Waals surface area contributed by atoms with Gasteiger partial charge in [0.05, 0.1) is 28.1 Å². The molecule has 1 aliphatic carbocycles. The van der Waals surface area contributed by atoms with Crippen LogP contribution in [0.4, 0.5) is 0 Å².